The number of rotatable bonds is 8. The van der Waals surface area contributed by atoms with Gasteiger partial charge in [-0.05, 0) is 42.0 Å². The molecule has 0 aliphatic heterocycles. The number of aryl methyl sites for hydroxylation is 1. The fourth-order valence-electron chi connectivity index (χ4n) is 2.30. The summed E-state index contributed by atoms with van der Waals surface area (Å²) in [5.41, 5.74) is 0.380. The van der Waals surface area contributed by atoms with E-state index in [1.807, 2.05) is 17.5 Å². The van der Waals surface area contributed by atoms with Crippen molar-refractivity contribution in [2.24, 2.45) is 0 Å². The second-order valence-corrected chi connectivity index (χ2v) is 6.76. The van der Waals surface area contributed by atoms with Crippen molar-refractivity contribution in [1.82, 2.24) is 5.32 Å². The molecular weight excluding hydrogens is 353 g/mol. The number of carbonyl (C=O) groups is 2. The number of carbonyl (C=O) groups excluding carboxylic acids is 1. The van der Waals surface area contributed by atoms with Crippen LogP contribution in [0.3, 0.4) is 0 Å². The quantitative estimate of drug-likeness (QED) is 0.733. The Morgan fingerprint density at radius 2 is 2.12 bits per heavy atom. The molecule has 1 atom stereocenters. The number of amides is 1. The first-order chi connectivity index (χ1) is 11.5. The average Bonchev–Trinajstić information content (AvgIpc) is 3.02. The lowest BCUT2D eigenvalue weighted by molar-refractivity contribution is -0.137. The molecule has 24 heavy (non-hydrogen) atoms. The summed E-state index contributed by atoms with van der Waals surface area (Å²) in [6.07, 6.45) is 1.42. The number of hydrogen-bond donors (Lipinski definition) is 2. The average molecular weight is 370 g/mol. The second kappa shape index (κ2) is 8.80. The highest BCUT2D eigenvalue weighted by Crippen LogP contribution is 2.23. The van der Waals surface area contributed by atoms with Crippen LogP contribution in [0.2, 0.25) is 5.02 Å². The first-order valence-electron chi connectivity index (χ1n) is 7.44. The summed E-state index contributed by atoms with van der Waals surface area (Å²) >= 11 is 7.27. The van der Waals surface area contributed by atoms with Crippen LogP contribution in [0.4, 0.5) is 4.39 Å². The molecule has 0 aliphatic rings. The van der Waals surface area contributed by atoms with E-state index in [0.717, 1.165) is 12.5 Å². The Morgan fingerprint density at radius 1 is 1.33 bits per heavy atom. The number of carboxylic acids is 1. The van der Waals surface area contributed by atoms with Gasteiger partial charge in [-0.2, -0.15) is 0 Å². The van der Waals surface area contributed by atoms with E-state index in [9.17, 15) is 14.0 Å². The van der Waals surface area contributed by atoms with Gasteiger partial charge in [0.2, 0.25) is 5.91 Å². The molecule has 1 heterocycles. The van der Waals surface area contributed by atoms with Crippen LogP contribution in [0.5, 0.6) is 0 Å². The third-order valence-corrected chi connectivity index (χ3v) is 4.71. The zero-order valence-corrected chi connectivity index (χ0v) is 14.4. The van der Waals surface area contributed by atoms with Gasteiger partial charge in [0.1, 0.15) is 5.82 Å². The molecule has 128 valence electrons. The molecule has 0 bridgehead atoms. The lowest BCUT2D eigenvalue weighted by atomic mass is 10.0. The normalized spacial score (nSPS) is 11.9. The van der Waals surface area contributed by atoms with Gasteiger partial charge in [-0.25, -0.2) is 4.39 Å². The highest BCUT2D eigenvalue weighted by Gasteiger charge is 2.19. The molecule has 1 aromatic carbocycles. The number of thiophene rings is 1. The van der Waals surface area contributed by atoms with Crippen molar-refractivity contribution in [2.45, 2.75) is 31.7 Å². The fraction of sp³-hybridized carbons (Fsp3) is 0.294. The minimum absolute atomic E-state index is 0.0462. The fourth-order valence-corrected chi connectivity index (χ4v) is 3.17. The lowest BCUT2D eigenvalue weighted by Crippen LogP contribution is -2.30. The molecule has 1 amide bonds. The first kappa shape index (κ1) is 18.4. The van der Waals surface area contributed by atoms with E-state index >= 15 is 0 Å². The van der Waals surface area contributed by atoms with Crippen molar-refractivity contribution in [1.29, 1.82) is 0 Å². The molecular formula is C17H17ClFNO3S. The molecule has 0 radical (unpaired) electrons. The SMILES string of the molecule is O=C(O)CC(NC(=O)CCCc1cccs1)c1ccc(Cl)c(F)c1. The first-order valence-corrected chi connectivity index (χ1v) is 8.70. The maximum absolute atomic E-state index is 13.6. The number of halogens is 2. The molecule has 2 aromatic rings. The van der Waals surface area contributed by atoms with Gasteiger partial charge in [0.15, 0.2) is 0 Å². The van der Waals surface area contributed by atoms with Crippen molar-refractivity contribution >= 4 is 34.8 Å². The van der Waals surface area contributed by atoms with Crippen LogP contribution in [-0.2, 0) is 16.0 Å². The van der Waals surface area contributed by atoms with E-state index in [1.165, 1.54) is 17.0 Å². The van der Waals surface area contributed by atoms with Crippen LogP contribution in [0.25, 0.3) is 0 Å². The molecule has 7 heteroatoms. The Kier molecular flexibility index (Phi) is 6.75. The zero-order chi connectivity index (χ0) is 17.5. The summed E-state index contributed by atoms with van der Waals surface area (Å²) < 4.78 is 13.6. The molecule has 0 saturated heterocycles. The minimum atomic E-state index is -1.07. The van der Waals surface area contributed by atoms with Gasteiger partial charge in [-0.15, -0.1) is 11.3 Å². The Morgan fingerprint density at radius 3 is 2.75 bits per heavy atom. The molecule has 0 fully saturated rings. The molecule has 0 aliphatic carbocycles. The van der Waals surface area contributed by atoms with Gasteiger partial charge in [0, 0.05) is 11.3 Å². The highest BCUT2D eigenvalue weighted by molar-refractivity contribution is 7.09. The Hall–Kier alpha value is -1.92. The Labute approximate surface area is 148 Å². The van der Waals surface area contributed by atoms with Crippen LogP contribution < -0.4 is 5.32 Å². The van der Waals surface area contributed by atoms with E-state index in [0.29, 0.717) is 12.0 Å². The Balaban J connectivity index is 1.95. The third kappa shape index (κ3) is 5.62. The maximum atomic E-state index is 13.6. The standard InChI is InChI=1S/C17H17ClFNO3S/c18-13-7-6-11(9-14(13)19)15(10-17(22)23)20-16(21)5-1-3-12-4-2-8-24-12/h2,4,6-9,15H,1,3,5,10H2,(H,20,21)(H,22,23). The maximum Gasteiger partial charge on any atom is 0.305 e. The molecule has 2 rings (SSSR count). The topological polar surface area (TPSA) is 66.4 Å². The van der Waals surface area contributed by atoms with Crippen LogP contribution in [0, 0.1) is 5.82 Å². The summed E-state index contributed by atoms with van der Waals surface area (Å²) in [6.45, 7) is 0. The van der Waals surface area contributed by atoms with Crippen LogP contribution in [0.15, 0.2) is 35.7 Å². The number of nitrogens with one attached hydrogen (secondary N) is 1. The summed E-state index contributed by atoms with van der Waals surface area (Å²) in [4.78, 5) is 24.3. The molecule has 4 nitrogen and oxygen atoms in total. The monoisotopic (exact) mass is 369 g/mol. The predicted octanol–water partition coefficient (Wildman–Crippen LogP) is 4.20. The van der Waals surface area contributed by atoms with Crippen LogP contribution in [0.1, 0.15) is 35.7 Å². The van der Waals surface area contributed by atoms with Gasteiger partial charge < -0.3 is 10.4 Å². The van der Waals surface area contributed by atoms with E-state index in [1.54, 1.807) is 11.3 Å². The highest BCUT2D eigenvalue weighted by atomic mass is 35.5. The largest absolute Gasteiger partial charge is 0.481 e. The van der Waals surface area contributed by atoms with Crippen molar-refractivity contribution in [3.05, 3.63) is 57.0 Å². The number of aliphatic carboxylic acids is 1. The molecule has 1 unspecified atom stereocenters. The van der Waals surface area contributed by atoms with Gasteiger partial charge >= 0.3 is 5.97 Å². The summed E-state index contributed by atoms with van der Waals surface area (Å²) in [5, 5.41) is 13.6. The number of carboxylic acid groups (broad SMARTS) is 1. The predicted molar refractivity (Wildman–Crippen MR) is 91.8 cm³/mol. The van der Waals surface area contributed by atoms with Gasteiger partial charge in [0.05, 0.1) is 17.5 Å². The van der Waals surface area contributed by atoms with Crippen LogP contribution >= 0.6 is 22.9 Å². The van der Waals surface area contributed by atoms with Crippen molar-refractivity contribution in [2.75, 3.05) is 0 Å². The molecule has 0 saturated carbocycles. The minimum Gasteiger partial charge on any atom is -0.481 e. The Bertz CT molecular complexity index is 706. The number of hydrogen-bond acceptors (Lipinski definition) is 3. The lowest BCUT2D eigenvalue weighted by Gasteiger charge is -2.18. The molecule has 2 N–H and O–H groups in total. The molecule has 0 spiro atoms. The smallest absolute Gasteiger partial charge is 0.305 e. The van der Waals surface area contributed by atoms with Crippen molar-refractivity contribution in [3.8, 4) is 0 Å². The number of benzene rings is 1. The van der Waals surface area contributed by atoms with E-state index in [-0.39, 0.29) is 23.8 Å². The van der Waals surface area contributed by atoms with E-state index < -0.39 is 17.8 Å². The summed E-state index contributed by atoms with van der Waals surface area (Å²) in [6, 6.07) is 7.20. The van der Waals surface area contributed by atoms with E-state index in [4.69, 9.17) is 16.7 Å². The second-order valence-electron chi connectivity index (χ2n) is 5.32. The van der Waals surface area contributed by atoms with Crippen molar-refractivity contribution < 1.29 is 19.1 Å². The third-order valence-electron chi connectivity index (χ3n) is 3.47. The summed E-state index contributed by atoms with van der Waals surface area (Å²) in [7, 11) is 0. The van der Waals surface area contributed by atoms with Crippen molar-refractivity contribution in [3.63, 3.8) is 0 Å². The van der Waals surface area contributed by atoms with E-state index in [2.05, 4.69) is 5.32 Å². The zero-order valence-electron chi connectivity index (χ0n) is 12.8. The van der Waals surface area contributed by atoms with Gasteiger partial charge in [-0.1, -0.05) is 23.7 Å². The van der Waals surface area contributed by atoms with Crippen LogP contribution in [-0.4, -0.2) is 17.0 Å². The van der Waals surface area contributed by atoms with Gasteiger partial charge in [0.25, 0.3) is 0 Å². The summed E-state index contributed by atoms with van der Waals surface area (Å²) in [5.74, 6) is -1.97. The molecule has 1 aromatic heterocycles. The van der Waals surface area contributed by atoms with Gasteiger partial charge in [-0.3, -0.25) is 9.59 Å².